The van der Waals surface area contributed by atoms with Gasteiger partial charge in [0, 0.05) is 22.5 Å². The molecule has 0 saturated carbocycles. The second-order valence-electron chi connectivity index (χ2n) is 14.0. The maximum Gasteiger partial charge on any atom is 0.0464 e. The van der Waals surface area contributed by atoms with Crippen molar-refractivity contribution in [1.29, 1.82) is 0 Å². The lowest BCUT2D eigenvalue weighted by Crippen LogP contribution is -2.18. The zero-order valence-electron chi connectivity index (χ0n) is 33.2. The van der Waals surface area contributed by atoms with E-state index in [-0.39, 0.29) is 5.41 Å². The van der Waals surface area contributed by atoms with Gasteiger partial charge in [-0.2, -0.15) is 0 Å². The van der Waals surface area contributed by atoms with Crippen molar-refractivity contribution in [2.45, 2.75) is 59.8 Å². The van der Waals surface area contributed by atoms with E-state index in [1.807, 2.05) is 44.2 Å². The maximum atomic E-state index is 4.62. The molecular weight excluding hydrogens is 651 g/mol. The van der Waals surface area contributed by atoms with Crippen LogP contribution in [0.4, 0.5) is 11.4 Å². The molecular formula is C53H55N. The molecule has 0 fully saturated rings. The molecule has 0 unspecified atom stereocenters. The monoisotopic (exact) mass is 705 g/mol. The fraction of sp³-hybridized carbons (Fsp3) is 0.170. The van der Waals surface area contributed by atoms with Crippen molar-refractivity contribution in [1.82, 2.24) is 0 Å². The van der Waals surface area contributed by atoms with Gasteiger partial charge in [0.05, 0.1) is 0 Å². The van der Waals surface area contributed by atoms with Gasteiger partial charge < -0.3 is 4.90 Å². The fourth-order valence-electron chi connectivity index (χ4n) is 7.59. The van der Waals surface area contributed by atoms with Gasteiger partial charge in [-0.05, 0) is 129 Å². The standard InChI is InChI=1S/C51H49N.C2H6/c1-10-13-22-46-45(35(4)11-2)32-33-48-50(46)47-31-30-42(34-49(47)51(48,8)9)52(38(7)25-24-36(5)39-20-15-14-16-21-39)41-28-26-40(27-29-41)43(12-3)44-23-18-17-19-37(44)6;1-2/h10-12,14-21,23-34H,1-2,4-5,7,13,22H2,3,6,8-9H3;1-2H3/b25-24-,43-12-;. The first-order valence-electron chi connectivity index (χ1n) is 19.1. The van der Waals surface area contributed by atoms with Gasteiger partial charge in [-0.25, -0.2) is 0 Å². The summed E-state index contributed by atoms with van der Waals surface area (Å²) in [6.45, 7) is 34.3. The summed E-state index contributed by atoms with van der Waals surface area (Å²) < 4.78 is 0. The van der Waals surface area contributed by atoms with Gasteiger partial charge in [-0.15, -0.1) is 6.58 Å². The summed E-state index contributed by atoms with van der Waals surface area (Å²) in [6.07, 6.45) is 12.0. The van der Waals surface area contributed by atoms with Crippen LogP contribution in [0.2, 0.25) is 0 Å². The summed E-state index contributed by atoms with van der Waals surface area (Å²) in [5, 5.41) is 0. The van der Waals surface area contributed by atoms with E-state index in [9.17, 15) is 0 Å². The Morgan fingerprint density at radius 1 is 0.685 bits per heavy atom. The topological polar surface area (TPSA) is 3.24 Å². The van der Waals surface area contributed by atoms with E-state index in [2.05, 4.69) is 175 Å². The normalized spacial score (nSPS) is 12.6. The maximum absolute atomic E-state index is 4.62. The summed E-state index contributed by atoms with van der Waals surface area (Å²) >= 11 is 0. The molecule has 0 radical (unpaired) electrons. The Balaban J connectivity index is 0.00000276. The molecule has 6 rings (SSSR count). The van der Waals surface area contributed by atoms with Crippen molar-refractivity contribution in [2.75, 3.05) is 4.90 Å². The predicted octanol–water partition coefficient (Wildman–Crippen LogP) is 15.0. The lowest BCUT2D eigenvalue weighted by molar-refractivity contribution is 0.659. The molecule has 54 heavy (non-hydrogen) atoms. The highest BCUT2D eigenvalue weighted by atomic mass is 15.1. The number of rotatable bonds is 13. The second-order valence-corrected chi connectivity index (χ2v) is 14.0. The number of anilines is 2. The predicted molar refractivity (Wildman–Crippen MR) is 239 cm³/mol. The molecule has 0 N–H and O–H groups in total. The number of hydrogen-bond acceptors (Lipinski definition) is 1. The van der Waals surface area contributed by atoms with Crippen LogP contribution in [0.25, 0.3) is 27.8 Å². The van der Waals surface area contributed by atoms with Crippen LogP contribution in [0.1, 0.15) is 85.5 Å². The van der Waals surface area contributed by atoms with Crippen molar-refractivity contribution < 1.29 is 0 Å². The minimum atomic E-state index is -0.208. The van der Waals surface area contributed by atoms with Crippen LogP contribution in [0.3, 0.4) is 0 Å². The first kappa shape index (κ1) is 39.3. The van der Waals surface area contributed by atoms with Crippen LogP contribution in [-0.2, 0) is 11.8 Å². The van der Waals surface area contributed by atoms with Crippen molar-refractivity contribution >= 4 is 28.1 Å². The summed E-state index contributed by atoms with van der Waals surface area (Å²) in [7, 11) is 0. The van der Waals surface area contributed by atoms with Crippen LogP contribution < -0.4 is 4.90 Å². The summed E-state index contributed by atoms with van der Waals surface area (Å²) in [5.74, 6) is 0. The molecule has 0 saturated heterocycles. The zero-order chi connectivity index (χ0) is 39.0. The molecule has 272 valence electrons. The van der Waals surface area contributed by atoms with E-state index < -0.39 is 0 Å². The highest BCUT2D eigenvalue weighted by Crippen LogP contribution is 2.53. The molecule has 0 aliphatic heterocycles. The molecule has 1 aliphatic rings. The van der Waals surface area contributed by atoms with E-state index in [0.717, 1.165) is 52.2 Å². The molecule has 0 spiro atoms. The highest BCUT2D eigenvalue weighted by Gasteiger charge is 2.38. The van der Waals surface area contributed by atoms with Crippen LogP contribution >= 0.6 is 0 Å². The fourth-order valence-corrected chi connectivity index (χ4v) is 7.59. The molecule has 0 heterocycles. The third-order valence-electron chi connectivity index (χ3n) is 10.5. The average molecular weight is 706 g/mol. The lowest BCUT2D eigenvalue weighted by Gasteiger charge is -2.28. The van der Waals surface area contributed by atoms with Gasteiger partial charge in [0.15, 0.2) is 0 Å². The molecule has 5 aromatic rings. The van der Waals surface area contributed by atoms with Gasteiger partial charge in [0.2, 0.25) is 0 Å². The number of allylic oxidation sites excluding steroid dienone is 7. The highest BCUT2D eigenvalue weighted by molar-refractivity contribution is 5.90. The van der Waals surface area contributed by atoms with Gasteiger partial charge in [-0.3, -0.25) is 0 Å². The Hall–Kier alpha value is -5.92. The van der Waals surface area contributed by atoms with Crippen molar-refractivity contribution in [3.8, 4) is 11.1 Å². The van der Waals surface area contributed by atoms with E-state index in [1.54, 1.807) is 0 Å². The molecule has 0 atom stereocenters. The SMILES string of the molecule is C=CCCc1c(C(=C)C=C)ccc2c1-c1ccc(N(C(=C)/C=C\C(=C)c3ccccc3)c3ccc(/C(=C/C)c4ccccc4C)cc3)cc1C2(C)C.CC. The lowest BCUT2D eigenvalue weighted by atomic mass is 9.81. The first-order chi connectivity index (χ1) is 26.1. The Labute approximate surface area is 325 Å². The van der Waals surface area contributed by atoms with Crippen molar-refractivity contribution in [3.05, 3.63) is 223 Å². The van der Waals surface area contributed by atoms with Crippen molar-refractivity contribution in [2.24, 2.45) is 0 Å². The Morgan fingerprint density at radius 3 is 2.00 bits per heavy atom. The molecule has 5 aromatic carbocycles. The third-order valence-corrected chi connectivity index (χ3v) is 10.5. The summed E-state index contributed by atoms with van der Waals surface area (Å²) in [6, 6.07) is 39.1. The van der Waals surface area contributed by atoms with Crippen LogP contribution in [-0.4, -0.2) is 0 Å². The van der Waals surface area contributed by atoms with E-state index in [1.165, 1.54) is 50.1 Å². The number of benzene rings is 5. The molecule has 1 nitrogen and oxygen atoms in total. The number of aryl methyl sites for hydroxylation is 1. The Morgan fingerprint density at radius 2 is 1.35 bits per heavy atom. The zero-order valence-corrected chi connectivity index (χ0v) is 33.2. The van der Waals surface area contributed by atoms with Crippen molar-refractivity contribution in [3.63, 3.8) is 0 Å². The number of nitrogens with zero attached hydrogens (tertiary/aromatic N) is 1. The number of fused-ring (bicyclic) bond motifs is 3. The summed E-state index contributed by atoms with van der Waals surface area (Å²) in [4.78, 5) is 2.25. The molecule has 0 bridgehead atoms. The van der Waals surface area contributed by atoms with E-state index >= 15 is 0 Å². The second kappa shape index (κ2) is 17.3. The largest absolute Gasteiger partial charge is 0.311 e. The smallest absolute Gasteiger partial charge is 0.0464 e. The molecule has 0 aromatic heterocycles. The summed E-state index contributed by atoms with van der Waals surface area (Å²) in [5.41, 5.74) is 18.3. The molecule has 1 aliphatic carbocycles. The quantitative estimate of drug-likeness (QED) is 0.0871. The van der Waals surface area contributed by atoms with Gasteiger partial charge in [0.25, 0.3) is 0 Å². The van der Waals surface area contributed by atoms with Gasteiger partial charge in [0.1, 0.15) is 0 Å². The van der Waals surface area contributed by atoms with E-state index in [0.29, 0.717) is 0 Å². The number of hydrogen-bond donors (Lipinski definition) is 0. The van der Waals surface area contributed by atoms with Crippen LogP contribution in [0.15, 0.2) is 178 Å². The first-order valence-corrected chi connectivity index (χ1v) is 19.1. The Kier molecular flexibility index (Phi) is 12.6. The minimum Gasteiger partial charge on any atom is -0.311 e. The van der Waals surface area contributed by atoms with Crippen LogP contribution in [0.5, 0.6) is 0 Å². The van der Waals surface area contributed by atoms with Gasteiger partial charge >= 0.3 is 0 Å². The van der Waals surface area contributed by atoms with E-state index in [4.69, 9.17) is 0 Å². The molecule has 0 amide bonds. The molecule has 1 heteroatoms. The minimum absolute atomic E-state index is 0.208. The third kappa shape index (κ3) is 7.73. The van der Waals surface area contributed by atoms with Gasteiger partial charge in [-0.1, -0.05) is 163 Å². The van der Waals surface area contributed by atoms with Crippen LogP contribution in [0, 0.1) is 6.92 Å². The average Bonchev–Trinajstić information content (AvgIpc) is 3.43. The Bertz CT molecular complexity index is 2250.